The molecule has 1 heterocycles. The first kappa shape index (κ1) is 22.2. The summed E-state index contributed by atoms with van der Waals surface area (Å²) in [7, 11) is 2.12. The van der Waals surface area contributed by atoms with E-state index in [-0.39, 0.29) is 0 Å². The van der Waals surface area contributed by atoms with Crippen LogP contribution in [0.4, 0.5) is 5.69 Å². The van der Waals surface area contributed by atoms with Crippen LogP contribution in [0.25, 0.3) is 0 Å². The summed E-state index contributed by atoms with van der Waals surface area (Å²) < 4.78 is 6.15. The number of ether oxygens (including phenoxy) is 1. The molecule has 0 radical (unpaired) electrons. The maximum Gasteiger partial charge on any atom is 0.119 e. The van der Waals surface area contributed by atoms with Gasteiger partial charge in [-0.25, -0.2) is 0 Å². The molecule has 1 aliphatic heterocycles. The third-order valence-electron chi connectivity index (χ3n) is 7.08. The Kier molecular flexibility index (Phi) is 7.52. The van der Waals surface area contributed by atoms with Crippen molar-refractivity contribution in [2.24, 2.45) is 0 Å². The Labute approximate surface area is 187 Å². The Hall–Kier alpha value is -2.04. The Morgan fingerprint density at radius 2 is 1.65 bits per heavy atom. The summed E-state index contributed by atoms with van der Waals surface area (Å²) >= 11 is 0. The fraction of sp³-hybridized carbons (Fsp3) is 0.556. The standard InChI is InChI=1S/C27H38N2O2/c1-28(24-12-14-26(15-13-24)31-25-10-6-3-7-11-25)19-16-27(30)17-20-29(21-18-27)22-23-8-4-2-5-9-23/h2,4-5,8-9,12-15,25,30H,3,6-7,10-11,16-22H2,1H3. The second kappa shape index (κ2) is 10.5. The predicted octanol–water partition coefficient (Wildman–Crippen LogP) is 5.25. The Bertz CT molecular complexity index is 779. The van der Waals surface area contributed by atoms with Crippen LogP contribution in [0.2, 0.25) is 0 Å². The van der Waals surface area contributed by atoms with Crippen LogP contribution >= 0.6 is 0 Å². The van der Waals surface area contributed by atoms with E-state index in [1.807, 2.05) is 0 Å². The fourth-order valence-electron chi connectivity index (χ4n) is 4.88. The quantitative estimate of drug-likeness (QED) is 0.630. The summed E-state index contributed by atoms with van der Waals surface area (Å²) in [6.45, 7) is 3.76. The number of piperidine rings is 1. The first-order valence-electron chi connectivity index (χ1n) is 12.1. The normalized spacial score (nSPS) is 19.8. The molecule has 1 saturated heterocycles. The molecule has 1 N–H and O–H groups in total. The van der Waals surface area contributed by atoms with Gasteiger partial charge in [0, 0.05) is 38.9 Å². The van der Waals surface area contributed by atoms with Gasteiger partial charge in [0.15, 0.2) is 0 Å². The molecule has 168 valence electrons. The molecule has 4 rings (SSSR count). The number of rotatable bonds is 8. The maximum absolute atomic E-state index is 11.1. The van der Waals surface area contributed by atoms with Crippen LogP contribution in [0.1, 0.15) is 56.9 Å². The van der Waals surface area contributed by atoms with Crippen LogP contribution in [-0.4, -0.2) is 48.4 Å². The van der Waals surface area contributed by atoms with Gasteiger partial charge in [0.1, 0.15) is 5.75 Å². The van der Waals surface area contributed by atoms with Crippen molar-refractivity contribution in [3.8, 4) is 5.75 Å². The van der Waals surface area contributed by atoms with Crippen LogP contribution in [-0.2, 0) is 6.54 Å². The number of aliphatic hydroxyl groups is 1. The molecule has 0 unspecified atom stereocenters. The molecule has 2 fully saturated rings. The minimum absolute atomic E-state index is 0.388. The van der Waals surface area contributed by atoms with E-state index in [4.69, 9.17) is 4.74 Å². The predicted molar refractivity (Wildman–Crippen MR) is 128 cm³/mol. The monoisotopic (exact) mass is 422 g/mol. The summed E-state index contributed by atoms with van der Waals surface area (Å²) in [6.07, 6.45) is 9.19. The highest BCUT2D eigenvalue weighted by Crippen LogP contribution is 2.29. The molecular formula is C27H38N2O2. The lowest BCUT2D eigenvalue weighted by atomic mass is 9.88. The van der Waals surface area contributed by atoms with E-state index < -0.39 is 5.60 Å². The molecule has 0 amide bonds. The molecule has 2 aliphatic rings. The third kappa shape index (κ3) is 6.47. The average molecular weight is 423 g/mol. The summed E-state index contributed by atoms with van der Waals surface area (Å²) in [4.78, 5) is 4.71. The van der Waals surface area contributed by atoms with Crippen LogP contribution < -0.4 is 9.64 Å². The molecule has 0 atom stereocenters. The Morgan fingerprint density at radius 3 is 2.32 bits per heavy atom. The van der Waals surface area contributed by atoms with Crippen molar-refractivity contribution in [2.45, 2.75) is 69.6 Å². The largest absolute Gasteiger partial charge is 0.490 e. The molecular weight excluding hydrogens is 384 g/mol. The maximum atomic E-state index is 11.1. The highest BCUT2D eigenvalue weighted by molar-refractivity contribution is 5.48. The van der Waals surface area contributed by atoms with Crippen LogP contribution in [0.3, 0.4) is 0 Å². The topological polar surface area (TPSA) is 35.9 Å². The van der Waals surface area contributed by atoms with E-state index >= 15 is 0 Å². The third-order valence-corrected chi connectivity index (χ3v) is 7.08. The zero-order valence-electron chi connectivity index (χ0n) is 19.0. The summed E-state index contributed by atoms with van der Waals surface area (Å²) in [5.74, 6) is 0.980. The van der Waals surface area contributed by atoms with Gasteiger partial charge in [-0.05, 0) is 74.8 Å². The number of hydrogen-bond donors (Lipinski definition) is 1. The first-order chi connectivity index (χ1) is 15.1. The molecule has 1 aliphatic carbocycles. The van der Waals surface area contributed by atoms with Crippen molar-refractivity contribution in [3.63, 3.8) is 0 Å². The highest BCUT2D eigenvalue weighted by Gasteiger charge is 2.32. The van der Waals surface area contributed by atoms with E-state index in [0.29, 0.717) is 6.10 Å². The van der Waals surface area contributed by atoms with Gasteiger partial charge in [-0.1, -0.05) is 36.8 Å². The number of nitrogens with zero attached hydrogens (tertiary/aromatic N) is 2. The van der Waals surface area contributed by atoms with E-state index in [9.17, 15) is 5.11 Å². The van der Waals surface area contributed by atoms with Gasteiger partial charge < -0.3 is 14.7 Å². The molecule has 1 saturated carbocycles. The second-order valence-electron chi connectivity index (χ2n) is 9.53. The van der Waals surface area contributed by atoms with Crippen molar-refractivity contribution in [1.82, 2.24) is 4.90 Å². The zero-order chi connectivity index (χ0) is 21.5. The fourth-order valence-corrected chi connectivity index (χ4v) is 4.88. The van der Waals surface area contributed by atoms with Gasteiger partial charge in [0.05, 0.1) is 11.7 Å². The van der Waals surface area contributed by atoms with Gasteiger partial charge in [-0.15, -0.1) is 0 Å². The minimum Gasteiger partial charge on any atom is -0.490 e. The van der Waals surface area contributed by atoms with Gasteiger partial charge in [0.2, 0.25) is 0 Å². The summed E-state index contributed by atoms with van der Waals surface area (Å²) in [5, 5.41) is 11.1. The van der Waals surface area contributed by atoms with Crippen LogP contribution in [0, 0.1) is 0 Å². The summed E-state index contributed by atoms with van der Waals surface area (Å²) in [5.41, 5.74) is 1.98. The van der Waals surface area contributed by atoms with Gasteiger partial charge in [-0.2, -0.15) is 0 Å². The minimum atomic E-state index is -0.550. The Balaban J connectivity index is 1.21. The van der Waals surface area contributed by atoms with Gasteiger partial charge in [-0.3, -0.25) is 4.90 Å². The summed E-state index contributed by atoms with van der Waals surface area (Å²) in [6, 6.07) is 19.1. The van der Waals surface area contributed by atoms with Crippen molar-refractivity contribution >= 4 is 5.69 Å². The lowest BCUT2D eigenvalue weighted by Gasteiger charge is -2.39. The average Bonchev–Trinajstić information content (AvgIpc) is 2.81. The van der Waals surface area contributed by atoms with E-state index in [1.54, 1.807) is 0 Å². The van der Waals surface area contributed by atoms with Gasteiger partial charge in [0.25, 0.3) is 0 Å². The van der Waals surface area contributed by atoms with Gasteiger partial charge >= 0.3 is 0 Å². The van der Waals surface area contributed by atoms with Crippen molar-refractivity contribution in [1.29, 1.82) is 0 Å². The number of benzene rings is 2. The number of anilines is 1. The Morgan fingerprint density at radius 1 is 0.968 bits per heavy atom. The van der Waals surface area contributed by atoms with Crippen molar-refractivity contribution in [3.05, 3.63) is 60.2 Å². The van der Waals surface area contributed by atoms with E-state index in [0.717, 1.165) is 51.2 Å². The molecule has 2 aromatic carbocycles. The lowest BCUT2D eigenvalue weighted by molar-refractivity contribution is -0.0275. The molecule has 0 aromatic heterocycles. The molecule has 0 bridgehead atoms. The molecule has 4 heteroatoms. The van der Waals surface area contributed by atoms with E-state index in [2.05, 4.69) is 71.4 Å². The molecule has 4 nitrogen and oxygen atoms in total. The first-order valence-corrected chi connectivity index (χ1v) is 12.1. The molecule has 0 spiro atoms. The van der Waals surface area contributed by atoms with Crippen LogP contribution in [0.5, 0.6) is 5.75 Å². The highest BCUT2D eigenvalue weighted by atomic mass is 16.5. The number of likely N-dealkylation sites (tertiary alicyclic amines) is 1. The molecule has 31 heavy (non-hydrogen) atoms. The second-order valence-corrected chi connectivity index (χ2v) is 9.53. The van der Waals surface area contributed by atoms with Crippen molar-refractivity contribution in [2.75, 3.05) is 31.6 Å². The smallest absolute Gasteiger partial charge is 0.119 e. The van der Waals surface area contributed by atoms with E-state index in [1.165, 1.54) is 43.4 Å². The van der Waals surface area contributed by atoms with Crippen LogP contribution in [0.15, 0.2) is 54.6 Å². The zero-order valence-corrected chi connectivity index (χ0v) is 19.0. The van der Waals surface area contributed by atoms with Crippen molar-refractivity contribution < 1.29 is 9.84 Å². The SMILES string of the molecule is CN(CCC1(O)CCN(Cc2ccccc2)CC1)c1ccc(OC2CCCCC2)cc1. The number of hydrogen-bond acceptors (Lipinski definition) is 4. The lowest BCUT2D eigenvalue weighted by Crippen LogP contribution is -2.45. The molecule has 2 aromatic rings.